The fraction of sp³-hybridized carbons (Fsp3) is 0.300. The van der Waals surface area contributed by atoms with Crippen molar-refractivity contribution in [3.63, 3.8) is 0 Å². The fourth-order valence-electron chi connectivity index (χ4n) is 2.63. The van der Waals surface area contributed by atoms with Crippen LogP contribution in [0, 0.1) is 20.8 Å². The van der Waals surface area contributed by atoms with Crippen molar-refractivity contribution < 1.29 is 19.1 Å². The Hall–Kier alpha value is -2.82. The Morgan fingerprint density at radius 2 is 1.60 bits per heavy atom. The van der Waals surface area contributed by atoms with Gasteiger partial charge in [-0.2, -0.15) is 0 Å². The zero-order chi connectivity index (χ0) is 18.4. The second-order valence-corrected chi connectivity index (χ2v) is 5.86. The van der Waals surface area contributed by atoms with E-state index in [-0.39, 0.29) is 18.5 Å². The van der Waals surface area contributed by atoms with Crippen LogP contribution in [0.4, 0.5) is 5.69 Å². The highest BCUT2D eigenvalue weighted by atomic mass is 16.5. The van der Waals surface area contributed by atoms with Gasteiger partial charge in [0.25, 0.3) is 5.91 Å². The van der Waals surface area contributed by atoms with Crippen molar-refractivity contribution in [2.24, 2.45) is 0 Å². The van der Waals surface area contributed by atoms with E-state index in [1.165, 1.54) is 0 Å². The molecule has 132 valence electrons. The Morgan fingerprint density at radius 3 is 2.16 bits per heavy atom. The molecule has 2 aromatic carbocycles. The molecule has 0 bridgehead atoms. The lowest BCUT2D eigenvalue weighted by atomic mass is 10.1. The summed E-state index contributed by atoms with van der Waals surface area (Å²) in [7, 11) is 0. The van der Waals surface area contributed by atoms with E-state index < -0.39 is 0 Å². The molecule has 0 spiro atoms. The smallest absolute Gasteiger partial charge is 0.338 e. The van der Waals surface area contributed by atoms with Crippen LogP contribution >= 0.6 is 0 Å². The maximum Gasteiger partial charge on any atom is 0.338 e. The van der Waals surface area contributed by atoms with Gasteiger partial charge < -0.3 is 14.8 Å². The third kappa shape index (κ3) is 5.08. The Kier molecular flexibility index (Phi) is 6.17. The van der Waals surface area contributed by atoms with Crippen LogP contribution in [0.3, 0.4) is 0 Å². The van der Waals surface area contributed by atoms with Gasteiger partial charge >= 0.3 is 5.97 Å². The number of carbonyl (C=O) groups is 2. The van der Waals surface area contributed by atoms with Crippen molar-refractivity contribution in [3.8, 4) is 5.75 Å². The third-order valence-electron chi connectivity index (χ3n) is 3.63. The minimum absolute atomic E-state index is 0.0790. The van der Waals surface area contributed by atoms with Crippen LogP contribution in [-0.4, -0.2) is 25.1 Å². The maximum absolute atomic E-state index is 12.1. The molecule has 0 fully saturated rings. The highest BCUT2D eigenvalue weighted by Crippen LogP contribution is 2.24. The first-order chi connectivity index (χ1) is 11.9. The van der Waals surface area contributed by atoms with E-state index in [1.54, 1.807) is 31.2 Å². The molecule has 0 atom stereocenters. The number of hydrogen-bond donors (Lipinski definition) is 1. The van der Waals surface area contributed by atoms with E-state index in [9.17, 15) is 9.59 Å². The summed E-state index contributed by atoms with van der Waals surface area (Å²) in [5.74, 6) is 0.0932. The van der Waals surface area contributed by atoms with Crippen LogP contribution in [0.5, 0.6) is 5.75 Å². The molecule has 0 aliphatic heterocycles. The van der Waals surface area contributed by atoms with Crippen molar-refractivity contribution in [2.75, 3.05) is 18.5 Å². The molecule has 0 aliphatic carbocycles. The topological polar surface area (TPSA) is 64.6 Å². The Morgan fingerprint density at radius 1 is 1.00 bits per heavy atom. The minimum Gasteiger partial charge on any atom is -0.483 e. The number of anilines is 1. The van der Waals surface area contributed by atoms with Crippen LogP contribution < -0.4 is 10.1 Å². The first-order valence-electron chi connectivity index (χ1n) is 8.18. The lowest BCUT2D eigenvalue weighted by molar-refractivity contribution is -0.118. The molecule has 25 heavy (non-hydrogen) atoms. The highest BCUT2D eigenvalue weighted by Gasteiger charge is 2.10. The van der Waals surface area contributed by atoms with E-state index in [2.05, 4.69) is 5.32 Å². The summed E-state index contributed by atoms with van der Waals surface area (Å²) in [6.45, 7) is 7.94. The van der Waals surface area contributed by atoms with Gasteiger partial charge in [-0.25, -0.2) is 4.79 Å². The first-order valence-corrected chi connectivity index (χ1v) is 8.18. The van der Waals surface area contributed by atoms with Gasteiger partial charge in [0.05, 0.1) is 12.2 Å². The molecular weight excluding hydrogens is 318 g/mol. The number of rotatable bonds is 6. The quantitative estimate of drug-likeness (QED) is 0.812. The molecule has 0 saturated heterocycles. The Labute approximate surface area is 148 Å². The van der Waals surface area contributed by atoms with E-state index >= 15 is 0 Å². The first kappa shape index (κ1) is 18.5. The summed E-state index contributed by atoms with van der Waals surface area (Å²) in [5, 5.41) is 2.74. The van der Waals surface area contributed by atoms with Crippen LogP contribution in [-0.2, 0) is 9.53 Å². The molecule has 0 radical (unpaired) electrons. The summed E-state index contributed by atoms with van der Waals surface area (Å²) in [4.78, 5) is 23.7. The maximum atomic E-state index is 12.1. The van der Waals surface area contributed by atoms with Crippen LogP contribution in [0.15, 0.2) is 36.4 Å². The van der Waals surface area contributed by atoms with Gasteiger partial charge in [-0.1, -0.05) is 17.7 Å². The van der Waals surface area contributed by atoms with Gasteiger partial charge in [0.15, 0.2) is 6.61 Å². The zero-order valence-electron chi connectivity index (χ0n) is 15.0. The molecular formula is C20H23NO4. The second kappa shape index (κ2) is 8.33. The predicted octanol–water partition coefficient (Wildman–Crippen LogP) is 3.81. The summed E-state index contributed by atoms with van der Waals surface area (Å²) in [6, 6.07) is 10.6. The summed E-state index contributed by atoms with van der Waals surface area (Å²) >= 11 is 0. The summed E-state index contributed by atoms with van der Waals surface area (Å²) in [5.41, 5.74) is 4.21. The zero-order valence-corrected chi connectivity index (χ0v) is 15.0. The number of nitrogens with one attached hydrogen (secondary N) is 1. The van der Waals surface area contributed by atoms with Gasteiger partial charge in [-0.15, -0.1) is 0 Å². The largest absolute Gasteiger partial charge is 0.483 e. The molecule has 2 rings (SSSR count). The van der Waals surface area contributed by atoms with Crippen molar-refractivity contribution in [1.82, 2.24) is 0 Å². The molecule has 1 amide bonds. The van der Waals surface area contributed by atoms with Crippen LogP contribution in [0.1, 0.15) is 34.0 Å². The monoisotopic (exact) mass is 341 g/mol. The van der Waals surface area contributed by atoms with Gasteiger partial charge in [-0.05, 0) is 63.1 Å². The van der Waals surface area contributed by atoms with Crippen LogP contribution in [0.2, 0.25) is 0 Å². The van der Waals surface area contributed by atoms with Crippen molar-refractivity contribution in [3.05, 3.63) is 58.7 Å². The molecule has 0 aromatic heterocycles. The number of esters is 1. The molecule has 1 N–H and O–H groups in total. The summed E-state index contributed by atoms with van der Waals surface area (Å²) in [6.07, 6.45) is 0. The molecule has 5 nitrogen and oxygen atoms in total. The van der Waals surface area contributed by atoms with Crippen molar-refractivity contribution in [1.29, 1.82) is 0 Å². The predicted molar refractivity (Wildman–Crippen MR) is 97.2 cm³/mol. The highest BCUT2D eigenvalue weighted by molar-refractivity contribution is 5.93. The van der Waals surface area contributed by atoms with Crippen molar-refractivity contribution >= 4 is 17.6 Å². The molecule has 5 heteroatoms. The van der Waals surface area contributed by atoms with Gasteiger partial charge in [-0.3, -0.25) is 4.79 Å². The number of carbonyl (C=O) groups excluding carboxylic acids is 2. The Balaban J connectivity index is 1.93. The van der Waals surface area contributed by atoms with Gasteiger partial charge in [0, 0.05) is 5.69 Å². The lowest BCUT2D eigenvalue weighted by Crippen LogP contribution is -2.20. The second-order valence-electron chi connectivity index (χ2n) is 5.86. The molecule has 0 aliphatic rings. The van der Waals surface area contributed by atoms with Gasteiger partial charge in [0.1, 0.15) is 5.75 Å². The molecule has 0 heterocycles. The average molecular weight is 341 g/mol. The SMILES string of the molecule is CCOC(=O)c1ccc(NC(=O)COc2c(C)cc(C)cc2C)cc1. The number of benzene rings is 2. The number of hydrogen-bond acceptors (Lipinski definition) is 4. The van der Waals surface area contributed by atoms with E-state index in [0.29, 0.717) is 17.9 Å². The minimum atomic E-state index is -0.381. The van der Waals surface area contributed by atoms with E-state index in [4.69, 9.17) is 9.47 Å². The molecule has 0 saturated carbocycles. The lowest BCUT2D eigenvalue weighted by Gasteiger charge is -2.13. The number of amides is 1. The van der Waals surface area contributed by atoms with Crippen molar-refractivity contribution in [2.45, 2.75) is 27.7 Å². The average Bonchev–Trinajstić information content (AvgIpc) is 2.54. The number of aryl methyl sites for hydroxylation is 3. The fourth-order valence-corrected chi connectivity index (χ4v) is 2.63. The van der Waals surface area contributed by atoms with Gasteiger partial charge in [0.2, 0.25) is 0 Å². The van der Waals surface area contributed by atoms with E-state index in [0.717, 1.165) is 22.4 Å². The standard InChI is InChI=1S/C20H23NO4/c1-5-24-20(23)16-6-8-17(9-7-16)21-18(22)12-25-19-14(3)10-13(2)11-15(19)4/h6-11H,5,12H2,1-4H3,(H,21,22). The number of ether oxygens (including phenoxy) is 2. The third-order valence-corrected chi connectivity index (χ3v) is 3.63. The van der Waals surface area contributed by atoms with Crippen LogP contribution in [0.25, 0.3) is 0 Å². The normalized spacial score (nSPS) is 10.2. The molecule has 0 unspecified atom stereocenters. The Bertz CT molecular complexity index is 743. The summed E-state index contributed by atoms with van der Waals surface area (Å²) < 4.78 is 10.6. The molecule has 2 aromatic rings. The van der Waals surface area contributed by atoms with E-state index in [1.807, 2.05) is 32.9 Å².